The van der Waals surface area contributed by atoms with Crippen molar-refractivity contribution >= 4 is 5.82 Å². The molecular weight excluding hydrogens is 216 g/mol. The first-order valence-corrected chi connectivity index (χ1v) is 5.84. The third-order valence-electron chi connectivity index (χ3n) is 3.89. The molecule has 0 radical (unpaired) electrons. The summed E-state index contributed by atoms with van der Waals surface area (Å²) in [5, 5.41) is 3.43. The van der Waals surface area contributed by atoms with Gasteiger partial charge in [0, 0.05) is 17.5 Å². The van der Waals surface area contributed by atoms with Crippen molar-refractivity contribution < 1.29 is 4.74 Å². The van der Waals surface area contributed by atoms with Crippen molar-refractivity contribution in [2.45, 2.75) is 39.3 Å². The predicted molar refractivity (Wildman–Crippen MR) is 67.1 cm³/mol. The summed E-state index contributed by atoms with van der Waals surface area (Å²) in [7, 11) is 1.61. The van der Waals surface area contributed by atoms with E-state index in [9.17, 15) is 0 Å². The number of nitrogens with zero attached hydrogens (tertiary/aromatic N) is 2. The van der Waals surface area contributed by atoms with E-state index in [1.807, 2.05) is 6.92 Å². The van der Waals surface area contributed by atoms with Crippen LogP contribution in [0.25, 0.3) is 0 Å². The summed E-state index contributed by atoms with van der Waals surface area (Å²) in [5.41, 5.74) is 7.04. The fraction of sp³-hybridized carbons (Fsp3) is 0.667. The Bertz CT molecular complexity index is 419. The van der Waals surface area contributed by atoms with E-state index >= 15 is 0 Å². The first-order valence-electron chi connectivity index (χ1n) is 5.84. The summed E-state index contributed by atoms with van der Waals surface area (Å²) in [5.74, 6) is 1.45. The number of nitrogens with one attached hydrogen (secondary N) is 1. The molecule has 0 bridgehead atoms. The number of hydrogen-bond donors (Lipinski definition) is 2. The van der Waals surface area contributed by atoms with Gasteiger partial charge in [0.25, 0.3) is 0 Å². The molecule has 1 aliphatic rings. The largest absolute Gasteiger partial charge is 0.481 e. The Morgan fingerprint density at radius 1 is 1.47 bits per heavy atom. The summed E-state index contributed by atoms with van der Waals surface area (Å²) in [6.07, 6.45) is 2.48. The van der Waals surface area contributed by atoms with Gasteiger partial charge in [-0.1, -0.05) is 13.8 Å². The van der Waals surface area contributed by atoms with Crippen LogP contribution < -0.4 is 15.8 Å². The van der Waals surface area contributed by atoms with Crippen molar-refractivity contribution in [3.63, 3.8) is 0 Å². The van der Waals surface area contributed by atoms with E-state index in [1.165, 1.54) is 6.33 Å². The third kappa shape index (κ3) is 1.95. The number of anilines is 1. The highest BCUT2D eigenvalue weighted by Crippen LogP contribution is 2.41. The van der Waals surface area contributed by atoms with Crippen molar-refractivity contribution in [3.8, 4) is 5.88 Å². The van der Waals surface area contributed by atoms with Crippen molar-refractivity contribution in [1.29, 1.82) is 0 Å². The number of ether oxygens (including phenoxy) is 1. The van der Waals surface area contributed by atoms with Gasteiger partial charge in [0.2, 0.25) is 5.88 Å². The minimum absolute atomic E-state index is 0.102. The second-order valence-electron chi connectivity index (χ2n) is 5.22. The molecule has 94 valence electrons. The first kappa shape index (κ1) is 12.1. The van der Waals surface area contributed by atoms with Crippen molar-refractivity contribution in [1.82, 2.24) is 9.97 Å². The lowest BCUT2D eigenvalue weighted by molar-refractivity contribution is 0.117. The minimum atomic E-state index is 0.102. The summed E-state index contributed by atoms with van der Waals surface area (Å²) < 4.78 is 5.18. The molecule has 0 spiro atoms. The molecule has 2 unspecified atom stereocenters. The zero-order valence-corrected chi connectivity index (χ0v) is 10.8. The molecule has 1 fully saturated rings. The van der Waals surface area contributed by atoms with Gasteiger partial charge < -0.3 is 15.8 Å². The van der Waals surface area contributed by atoms with Crippen LogP contribution in [0.3, 0.4) is 0 Å². The van der Waals surface area contributed by atoms with Gasteiger partial charge in [0.05, 0.1) is 12.7 Å². The second kappa shape index (κ2) is 4.14. The van der Waals surface area contributed by atoms with Crippen LogP contribution in [0.2, 0.25) is 0 Å². The van der Waals surface area contributed by atoms with Crippen molar-refractivity contribution in [3.05, 3.63) is 11.9 Å². The number of nitrogens with two attached hydrogens (primary N) is 1. The summed E-state index contributed by atoms with van der Waals surface area (Å²) in [6.45, 7) is 6.30. The average Bonchev–Trinajstić information content (AvgIpc) is 2.31. The van der Waals surface area contributed by atoms with Crippen LogP contribution in [-0.4, -0.2) is 29.2 Å². The topological polar surface area (TPSA) is 73.1 Å². The molecule has 1 aliphatic carbocycles. The van der Waals surface area contributed by atoms with E-state index in [2.05, 4.69) is 29.1 Å². The van der Waals surface area contributed by atoms with E-state index in [0.717, 1.165) is 17.8 Å². The average molecular weight is 236 g/mol. The van der Waals surface area contributed by atoms with E-state index in [1.54, 1.807) is 7.11 Å². The Morgan fingerprint density at radius 3 is 2.71 bits per heavy atom. The first-order chi connectivity index (χ1) is 7.96. The van der Waals surface area contributed by atoms with Crippen LogP contribution in [0.15, 0.2) is 6.33 Å². The Hall–Kier alpha value is -1.36. The molecule has 0 aliphatic heterocycles. The van der Waals surface area contributed by atoms with Gasteiger partial charge in [-0.25, -0.2) is 9.97 Å². The van der Waals surface area contributed by atoms with Crippen LogP contribution >= 0.6 is 0 Å². The minimum Gasteiger partial charge on any atom is -0.481 e. The van der Waals surface area contributed by atoms with Crippen LogP contribution in [0, 0.1) is 12.3 Å². The van der Waals surface area contributed by atoms with Crippen LogP contribution in [-0.2, 0) is 0 Å². The highest BCUT2D eigenvalue weighted by atomic mass is 16.5. The fourth-order valence-corrected chi connectivity index (χ4v) is 2.15. The smallest absolute Gasteiger partial charge is 0.221 e. The molecule has 1 aromatic rings. The van der Waals surface area contributed by atoms with Gasteiger partial charge in [-0.2, -0.15) is 0 Å². The van der Waals surface area contributed by atoms with E-state index < -0.39 is 0 Å². The quantitative estimate of drug-likeness (QED) is 0.828. The number of hydrogen-bond acceptors (Lipinski definition) is 5. The maximum atomic E-state index is 6.00. The van der Waals surface area contributed by atoms with Gasteiger partial charge in [0.1, 0.15) is 12.1 Å². The predicted octanol–water partition coefficient (Wildman–Crippen LogP) is 1.33. The molecule has 2 atom stereocenters. The highest BCUT2D eigenvalue weighted by Gasteiger charge is 2.46. The molecule has 2 rings (SSSR count). The van der Waals surface area contributed by atoms with E-state index in [0.29, 0.717) is 11.9 Å². The molecule has 5 heteroatoms. The number of aromatic nitrogens is 2. The van der Waals surface area contributed by atoms with Gasteiger partial charge in [-0.3, -0.25) is 0 Å². The lowest BCUT2D eigenvalue weighted by Gasteiger charge is -2.50. The van der Waals surface area contributed by atoms with Crippen LogP contribution in [0.1, 0.15) is 25.8 Å². The van der Waals surface area contributed by atoms with E-state index in [-0.39, 0.29) is 11.5 Å². The maximum Gasteiger partial charge on any atom is 0.221 e. The molecule has 0 aromatic carbocycles. The van der Waals surface area contributed by atoms with Gasteiger partial charge in [0.15, 0.2) is 0 Å². The zero-order valence-electron chi connectivity index (χ0n) is 10.8. The lowest BCUT2D eigenvalue weighted by Crippen LogP contribution is -2.61. The SMILES string of the molecule is COc1ncnc(NC2CC(N)C2(C)C)c1C. The normalized spacial score (nSPS) is 26.2. The van der Waals surface area contributed by atoms with Crippen LogP contribution in [0.5, 0.6) is 5.88 Å². The molecule has 0 amide bonds. The molecule has 0 saturated heterocycles. The molecule has 3 N–H and O–H groups in total. The Labute approximate surface area is 102 Å². The standard InChI is InChI=1S/C12H20N4O/c1-7-10(14-6-15-11(7)17-4)16-9-5-8(13)12(9,2)3/h6,8-9H,5,13H2,1-4H3,(H,14,15,16). The maximum absolute atomic E-state index is 6.00. The second-order valence-corrected chi connectivity index (χ2v) is 5.22. The van der Waals surface area contributed by atoms with Crippen LogP contribution in [0.4, 0.5) is 5.82 Å². The summed E-state index contributed by atoms with van der Waals surface area (Å²) >= 11 is 0. The molecule has 1 aromatic heterocycles. The highest BCUT2D eigenvalue weighted by molar-refractivity contribution is 5.49. The monoisotopic (exact) mass is 236 g/mol. The van der Waals surface area contributed by atoms with Gasteiger partial charge in [-0.05, 0) is 13.3 Å². The number of methoxy groups -OCH3 is 1. The molecule has 17 heavy (non-hydrogen) atoms. The number of rotatable bonds is 3. The molecular formula is C12H20N4O. The molecule has 5 nitrogen and oxygen atoms in total. The molecule has 1 saturated carbocycles. The Morgan fingerprint density at radius 2 is 2.18 bits per heavy atom. The Balaban J connectivity index is 2.15. The van der Waals surface area contributed by atoms with Gasteiger partial charge in [-0.15, -0.1) is 0 Å². The zero-order chi connectivity index (χ0) is 12.6. The molecule has 1 heterocycles. The lowest BCUT2D eigenvalue weighted by atomic mass is 9.63. The van der Waals surface area contributed by atoms with Crippen molar-refractivity contribution in [2.75, 3.05) is 12.4 Å². The third-order valence-corrected chi connectivity index (χ3v) is 3.89. The Kier molecular flexibility index (Phi) is 2.95. The fourth-order valence-electron chi connectivity index (χ4n) is 2.15. The summed E-state index contributed by atoms with van der Waals surface area (Å²) in [6, 6.07) is 0.611. The van der Waals surface area contributed by atoms with Gasteiger partial charge >= 0.3 is 0 Å². The van der Waals surface area contributed by atoms with Crippen molar-refractivity contribution in [2.24, 2.45) is 11.1 Å². The van der Waals surface area contributed by atoms with E-state index in [4.69, 9.17) is 10.5 Å². The summed E-state index contributed by atoms with van der Waals surface area (Å²) in [4.78, 5) is 8.32.